The summed E-state index contributed by atoms with van der Waals surface area (Å²) in [5.41, 5.74) is 0. The minimum Gasteiger partial charge on any atom is -0.483 e. The van der Waals surface area contributed by atoms with Crippen molar-refractivity contribution in [1.82, 2.24) is 0 Å². The summed E-state index contributed by atoms with van der Waals surface area (Å²) in [7, 11) is 0. The van der Waals surface area contributed by atoms with Crippen molar-refractivity contribution in [2.24, 2.45) is 0 Å². The van der Waals surface area contributed by atoms with Crippen molar-refractivity contribution in [2.75, 3.05) is 6.61 Å². The van der Waals surface area contributed by atoms with Crippen molar-refractivity contribution in [2.45, 2.75) is 0 Å². The van der Waals surface area contributed by atoms with Gasteiger partial charge >= 0.3 is 0 Å². The second-order valence-corrected chi connectivity index (χ2v) is 2.40. The van der Waals surface area contributed by atoms with E-state index in [2.05, 4.69) is 11.3 Å². The molecule has 76 valence electrons. The molecule has 0 aromatic heterocycles. The standard InChI is InChI=1S/C9H6F4O/c1-2-3-14-9-7(12)5(10)4-6(11)8(9)13/h2,4H,1,3H2. The largest absolute Gasteiger partial charge is 0.483 e. The average molecular weight is 206 g/mol. The molecule has 0 bridgehead atoms. The zero-order valence-corrected chi connectivity index (χ0v) is 6.99. The fraction of sp³-hybridized carbons (Fsp3) is 0.111. The molecular weight excluding hydrogens is 200 g/mol. The van der Waals surface area contributed by atoms with Crippen LogP contribution in [0.5, 0.6) is 5.75 Å². The Balaban J connectivity index is 3.17. The van der Waals surface area contributed by atoms with Crippen LogP contribution in [-0.2, 0) is 0 Å². The lowest BCUT2D eigenvalue weighted by Crippen LogP contribution is -2.03. The molecule has 1 rings (SSSR count). The van der Waals surface area contributed by atoms with Gasteiger partial charge in [0.05, 0.1) is 0 Å². The van der Waals surface area contributed by atoms with Gasteiger partial charge in [0.2, 0.25) is 11.6 Å². The van der Waals surface area contributed by atoms with E-state index in [9.17, 15) is 17.6 Å². The Morgan fingerprint density at radius 1 is 1.14 bits per heavy atom. The van der Waals surface area contributed by atoms with Crippen molar-refractivity contribution in [3.63, 3.8) is 0 Å². The Morgan fingerprint density at radius 3 is 2.07 bits per heavy atom. The Morgan fingerprint density at radius 2 is 1.64 bits per heavy atom. The summed E-state index contributed by atoms with van der Waals surface area (Å²) in [4.78, 5) is 0. The third-order valence-electron chi connectivity index (χ3n) is 1.42. The van der Waals surface area contributed by atoms with E-state index in [0.717, 1.165) is 0 Å². The van der Waals surface area contributed by atoms with Crippen LogP contribution in [0.25, 0.3) is 0 Å². The van der Waals surface area contributed by atoms with E-state index in [4.69, 9.17) is 0 Å². The highest BCUT2D eigenvalue weighted by atomic mass is 19.2. The van der Waals surface area contributed by atoms with Gasteiger partial charge in [0.1, 0.15) is 6.61 Å². The van der Waals surface area contributed by atoms with E-state index >= 15 is 0 Å². The summed E-state index contributed by atoms with van der Waals surface area (Å²) in [6, 6.07) is 0.117. The molecule has 0 saturated heterocycles. The lowest BCUT2D eigenvalue weighted by molar-refractivity contribution is 0.302. The van der Waals surface area contributed by atoms with Gasteiger partial charge < -0.3 is 4.74 Å². The Labute approximate surface area is 77.6 Å². The predicted octanol–water partition coefficient (Wildman–Crippen LogP) is 2.81. The first-order valence-electron chi connectivity index (χ1n) is 3.64. The van der Waals surface area contributed by atoms with Gasteiger partial charge in [0.15, 0.2) is 17.4 Å². The van der Waals surface area contributed by atoms with E-state index in [-0.39, 0.29) is 12.7 Å². The first-order chi connectivity index (χ1) is 6.57. The highest BCUT2D eigenvalue weighted by Crippen LogP contribution is 2.26. The SMILES string of the molecule is C=CCOc1c(F)c(F)cc(F)c1F. The first kappa shape index (κ1) is 10.6. The summed E-state index contributed by atoms with van der Waals surface area (Å²) < 4.78 is 55.2. The maximum Gasteiger partial charge on any atom is 0.203 e. The van der Waals surface area contributed by atoms with Gasteiger partial charge in [-0.2, -0.15) is 8.78 Å². The monoisotopic (exact) mass is 206 g/mol. The summed E-state index contributed by atoms with van der Waals surface area (Å²) in [5, 5.41) is 0. The maximum atomic E-state index is 12.8. The molecule has 0 unspecified atom stereocenters. The van der Waals surface area contributed by atoms with Crippen LogP contribution in [-0.4, -0.2) is 6.61 Å². The molecular formula is C9H6F4O. The highest BCUT2D eigenvalue weighted by molar-refractivity contribution is 5.28. The molecule has 0 aliphatic carbocycles. The normalized spacial score (nSPS) is 10.0. The van der Waals surface area contributed by atoms with Crippen LogP contribution in [0.1, 0.15) is 0 Å². The van der Waals surface area contributed by atoms with E-state index < -0.39 is 29.0 Å². The third kappa shape index (κ3) is 1.86. The molecule has 1 aromatic rings. The lowest BCUT2D eigenvalue weighted by Gasteiger charge is -2.06. The van der Waals surface area contributed by atoms with Crippen molar-refractivity contribution >= 4 is 0 Å². The number of ether oxygens (including phenoxy) is 1. The van der Waals surface area contributed by atoms with Crippen LogP contribution in [0.3, 0.4) is 0 Å². The molecule has 0 atom stereocenters. The van der Waals surface area contributed by atoms with Crippen molar-refractivity contribution in [3.8, 4) is 5.75 Å². The molecule has 0 amide bonds. The summed E-state index contributed by atoms with van der Waals surface area (Å²) >= 11 is 0. The van der Waals surface area contributed by atoms with Gasteiger partial charge in [-0.15, -0.1) is 0 Å². The molecule has 0 saturated carbocycles. The molecule has 1 nitrogen and oxygen atoms in total. The van der Waals surface area contributed by atoms with E-state index in [0.29, 0.717) is 0 Å². The molecule has 5 heteroatoms. The minimum atomic E-state index is -1.55. The van der Waals surface area contributed by atoms with Crippen molar-refractivity contribution < 1.29 is 22.3 Å². The molecule has 0 radical (unpaired) electrons. The van der Waals surface area contributed by atoms with E-state index in [1.807, 2.05) is 0 Å². The van der Waals surface area contributed by atoms with Gasteiger partial charge in [-0.3, -0.25) is 0 Å². The second kappa shape index (κ2) is 4.13. The Kier molecular flexibility index (Phi) is 3.11. The molecule has 0 heterocycles. The Hall–Kier alpha value is -1.52. The van der Waals surface area contributed by atoms with Crippen LogP contribution in [0, 0.1) is 23.3 Å². The maximum absolute atomic E-state index is 12.8. The summed E-state index contributed by atoms with van der Waals surface area (Å²) in [5.74, 6) is -7.16. The topological polar surface area (TPSA) is 9.23 Å². The molecule has 0 aliphatic heterocycles. The van der Waals surface area contributed by atoms with Gasteiger partial charge in [0.25, 0.3) is 0 Å². The highest BCUT2D eigenvalue weighted by Gasteiger charge is 2.19. The lowest BCUT2D eigenvalue weighted by atomic mass is 10.3. The zero-order chi connectivity index (χ0) is 10.7. The van der Waals surface area contributed by atoms with Gasteiger partial charge in [0, 0.05) is 6.07 Å². The summed E-state index contributed by atoms with van der Waals surface area (Å²) in [6.07, 6.45) is 1.20. The van der Waals surface area contributed by atoms with Gasteiger partial charge in [-0.25, -0.2) is 8.78 Å². The third-order valence-corrected chi connectivity index (χ3v) is 1.42. The Bertz CT molecular complexity index is 336. The smallest absolute Gasteiger partial charge is 0.203 e. The quantitative estimate of drug-likeness (QED) is 0.419. The van der Waals surface area contributed by atoms with Crippen molar-refractivity contribution in [3.05, 3.63) is 42.0 Å². The number of rotatable bonds is 3. The van der Waals surface area contributed by atoms with E-state index in [1.165, 1.54) is 6.08 Å². The fourth-order valence-corrected chi connectivity index (χ4v) is 0.820. The number of halogens is 4. The van der Waals surface area contributed by atoms with Crippen LogP contribution >= 0.6 is 0 Å². The van der Waals surface area contributed by atoms with Crippen LogP contribution < -0.4 is 4.74 Å². The van der Waals surface area contributed by atoms with Crippen LogP contribution in [0.15, 0.2) is 18.7 Å². The molecule has 0 spiro atoms. The van der Waals surface area contributed by atoms with Crippen LogP contribution in [0.4, 0.5) is 17.6 Å². The average Bonchev–Trinajstić information content (AvgIpc) is 2.15. The molecule has 0 fully saturated rings. The number of hydrogen-bond acceptors (Lipinski definition) is 1. The second-order valence-electron chi connectivity index (χ2n) is 2.40. The first-order valence-corrected chi connectivity index (χ1v) is 3.64. The molecule has 0 N–H and O–H groups in total. The van der Waals surface area contributed by atoms with Gasteiger partial charge in [-0.1, -0.05) is 12.7 Å². The zero-order valence-electron chi connectivity index (χ0n) is 6.99. The summed E-state index contributed by atoms with van der Waals surface area (Å²) in [6.45, 7) is 2.98. The number of hydrogen-bond donors (Lipinski definition) is 0. The fourth-order valence-electron chi connectivity index (χ4n) is 0.820. The molecule has 14 heavy (non-hydrogen) atoms. The molecule has 0 aliphatic rings. The minimum absolute atomic E-state index is 0.117. The van der Waals surface area contributed by atoms with Crippen molar-refractivity contribution in [1.29, 1.82) is 0 Å². The molecule has 1 aromatic carbocycles. The van der Waals surface area contributed by atoms with E-state index in [1.54, 1.807) is 0 Å². The predicted molar refractivity (Wildman–Crippen MR) is 42.0 cm³/mol. The van der Waals surface area contributed by atoms with Gasteiger partial charge in [-0.05, 0) is 0 Å². The van der Waals surface area contributed by atoms with Crippen LogP contribution in [0.2, 0.25) is 0 Å². The number of benzene rings is 1.